The number of ether oxygens (including phenoxy) is 1. The summed E-state index contributed by atoms with van der Waals surface area (Å²) < 4.78 is 71.3. The molecule has 12 nitrogen and oxygen atoms in total. The first kappa shape index (κ1) is 28.3. The van der Waals surface area contributed by atoms with Gasteiger partial charge in [0.2, 0.25) is 11.9 Å². The van der Waals surface area contributed by atoms with Crippen molar-refractivity contribution in [3.05, 3.63) is 47.9 Å². The Bertz CT molecular complexity index is 1460. The second-order valence-corrected chi connectivity index (χ2v) is 8.96. The van der Waals surface area contributed by atoms with Crippen LogP contribution in [0.1, 0.15) is 18.6 Å². The number of rotatable bonds is 7. The number of aryl methyl sites for hydroxylation is 1. The summed E-state index contributed by atoms with van der Waals surface area (Å²) >= 11 is 0. The van der Waals surface area contributed by atoms with E-state index in [1.807, 2.05) is 0 Å². The summed E-state index contributed by atoms with van der Waals surface area (Å²) in [5.74, 6) is -2.54. The summed E-state index contributed by atoms with van der Waals surface area (Å²) in [7, 11) is 1.46. The molecule has 0 unspecified atom stereocenters. The molecule has 0 spiro atoms. The minimum absolute atomic E-state index is 0.0435. The summed E-state index contributed by atoms with van der Waals surface area (Å²) in [4.78, 5) is 33.4. The van der Waals surface area contributed by atoms with Gasteiger partial charge in [0.25, 0.3) is 0 Å². The van der Waals surface area contributed by atoms with E-state index in [0.717, 1.165) is 11.0 Å². The Morgan fingerprint density at radius 3 is 2.55 bits per heavy atom. The number of hydrogen-bond donors (Lipinski definition) is 2. The molecule has 0 saturated carbocycles. The number of nitrogens with one attached hydrogen (secondary N) is 2. The zero-order valence-electron chi connectivity index (χ0n) is 20.8. The van der Waals surface area contributed by atoms with Crippen LogP contribution in [0.15, 0.2) is 30.6 Å². The third kappa shape index (κ3) is 6.12. The van der Waals surface area contributed by atoms with Crippen LogP contribution in [0.3, 0.4) is 0 Å². The maximum Gasteiger partial charge on any atom is 0.413 e. The van der Waals surface area contributed by atoms with Gasteiger partial charge in [0.05, 0.1) is 42.0 Å². The van der Waals surface area contributed by atoms with Crippen molar-refractivity contribution in [2.75, 3.05) is 30.3 Å². The van der Waals surface area contributed by atoms with Crippen LogP contribution >= 0.6 is 0 Å². The van der Waals surface area contributed by atoms with E-state index in [1.165, 1.54) is 37.0 Å². The monoisotopic (exact) mass is 565 g/mol. The standard InChI is InChI=1S/C23H20F5N9O3/c1-12(15-5-13(24)6-31-18(15)25)40-21(39)33-19-17(34-35-36(19)2)16-4-3-14(7-30-16)32-20(38)22(8-29)9-37(10-22)11-23(26,27)28/h3-7,12H,9-11H2,1-2H3,(H,32,38)(H,33,39)/t12-/m1/s1. The number of nitriles is 1. The van der Waals surface area contributed by atoms with Crippen molar-refractivity contribution in [3.8, 4) is 17.5 Å². The van der Waals surface area contributed by atoms with Crippen LogP contribution in [-0.4, -0.2) is 67.7 Å². The Morgan fingerprint density at radius 1 is 1.20 bits per heavy atom. The lowest BCUT2D eigenvalue weighted by molar-refractivity contribution is -0.168. The first-order valence-corrected chi connectivity index (χ1v) is 11.5. The Labute approximate surface area is 222 Å². The van der Waals surface area contributed by atoms with E-state index in [4.69, 9.17) is 4.74 Å². The van der Waals surface area contributed by atoms with Crippen LogP contribution in [0.25, 0.3) is 11.4 Å². The summed E-state index contributed by atoms with van der Waals surface area (Å²) in [6, 6.07) is 5.47. The van der Waals surface area contributed by atoms with Crippen molar-refractivity contribution in [3.63, 3.8) is 0 Å². The van der Waals surface area contributed by atoms with Gasteiger partial charge in [-0.05, 0) is 25.1 Å². The Morgan fingerprint density at radius 2 is 1.93 bits per heavy atom. The molecule has 1 fully saturated rings. The quantitative estimate of drug-likeness (QED) is 0.325. The Kier molecular flexibility index (Phi) is 7.64. The lowest BCUT2D eigenvalue weighted by Gasteiger charge is -2.44. The third-order valence-electron chi connectivity index (χ3n) is 5.90. The van der Waals surface area contributed by atoms with Gasteiger partial charge in [-0.25, -0.2) is 18.9 Å². The lowest BCUT2D eigenvalue weighted by Crippen LogP contribution is -2.62. The molecule has 0 aliphatic carbocycles. The molecule has 0 aromatic carbocycles. The average Bonchev–Trinajstić information content (AvgIpc) is 3.22. The van der Waals surface area contributed by atoms with Crippen LogP contribution in [0.5, 0.6) is 0 Å². The van der Waals surface area contributed by atoms with E-state index in [9.17, 15) is 36.8 Å². The zero-order valence-corrected chi connectivity index (χ0v) is 20.8. The first-order valence-electron chi connectivity index (χ1n) is 11.5. The van der Waals surface area contributed by atoms with E-state index in [2.05, 4.69) is 30.9 Å². The number of aromatic nitrogens is 5. The van der Waals surface area contributed by atoms with Crippen LogP contribution < -0.4 is 10.6 Å². The second kappa shape index (κ2) is 10.8. The number of halogens is 5. The number of nitrogens with zero attached hydrogens (tertiary/aromatic N) is 7. The molecule has 0 radical (unpaired) electrons. The molecule has 3 aromatic heterocycles. The fourth-order valence-corrected chi connectivity index (χ4v) is 3.95. The van der Waals surface area contributed by atoms with Crippen LogP contribution in [-0.2, 0) is 16.6 Å². The topological polar surface area (TPSA) is 151 Å². The highest BCUT2D eigenvalue weighted by Gasteiger charge is 2.52. The van der Waals surface area contributed by atoms with Gasteiger partial charge in [-0.2, -0.15) is 22.8 Å². The van der Waals surface area contributed by atoms with Gasteiger partial charge in [0.1, 0.15) is 11.9 Å². The molecule has 1 atom stereocenters. The number of likely N-dealkylation sites (tertiary alicyclic amines) is 1. The minimum atomic E-state index is -4.45. The summed E-state index contributed by atoms with van der Waals surface area (Å²) in [6.07, 6.45) is -4.76. The molecule has 1 saturated heterocycles. The van der Waals surface area contributed by atoms with Gasteiger partial charge < -0.3 is 10.1 Å². The summed E-state index contributed by atoms with van der Waals surface area (Å²) in [5, 5.41) is 22.0. The number of amides is 2. The predicted octanol–water partition coefficient (Wildman–Crippen LogP) is 3.19. The Balaban J connectivity index is 1.41. The van der Waals surface area contributed by atoms with Crippen molar-refractivity contribution in [1.29, 1.82) is 5.26 Å². The molecule has 17 heteroatoms. The summed E-state index contributed by atoms with van der Waals surface area (Å²) in [5.41, 5.74) is -1.45. The third-order valence-corrected chi connectivity index (χ3v) is 5.90. The first-order chi connectivity index (χ1) is 18.8. The zero-order chi connectivity index (χ0) is 29.2. The molecule has 1 aliphatic heterocycles. The van der Waals surface area contributed by atoms with E-state index in [-0.39, 0.29) is 41.5 Å². The number of alkyl halides is 3. The molecule has 2 N–H and O–H groups in total. The highest BCUT2D eigenvalue weighted by molar-refractivity contribution is 5.98. The van der Waals surface area contributed by atoms with Gasteiger partial charge >= 0.3 is 12.3 Å². The Hall–Kier alpha value is -4.72. The number of carbonyl (C=O) groups is 2. The second-order valence-electron chi connectivity index (χ2n) is 8.96. The largest absolute Gasteiger partial charge is 0.441 e. The molecule has 4 rings (SSSR count). The number of hydrogen-bond acceptors (Lipinski definition) is 9. The van der Waals surface area contributed by atoms with Crippen molar-refractivity contribution in [1.82, 2.24) is 29.9 Å². The van der Waals surface area contributed by atoms with Gasteiger partial charge in [0.15, 0.2) is 16.9 Å². The fraction of sp³-hybridized carbons (Fsp3) is 0.348. The highest BCUT2D eigenvalue weighted by Crippen LogP contribution is 2.34. The molecule has 2 amide bonds. The van der Waals surface area contributed by atoms with Gasteiger partial charge in [-0.15, -0.1) is 5.10 Å². The maximum atomic E-state index is 13.9. The molecule has 4 heterocycles. The molecule has 40 heavy (non-hydrogen) atoms. The van der Waals surface area contributed by atoms with Crippen molar-refractivity contribution in [2.24, 2.45) is 12.5 Å². The number of pyridine rings is 2. The van der Waals surface area contributed by atoms with E-state index < -0.39 is 48.0 Å². The highest BCUT2D eigenvalue weighted by atomic mass is 19.4. The molecule has 210 valence electrons. The average molecular weight is 565 g/mol. The molecular formula is C23H20F5N9O3. The molecular weight excluding hydrogens is 545 g/mol. The van der Waals surface area contributed by atoms with Crippen LogP contribution in [0.2, 0.25) is 0 Å². The van der Waals surface area contributed by atoms with Crippen molar-refractivity contribution >= 4 is 23.5 Å². The van der Waals surface area contributed by atoms with E-state index in [0.29, 0.717) is 6.20 Å². The van der Waals surface area contributed by atoms with Crippen molar-refractivity contribution < 1.29 is 36.3 Å². The number of anilines is 2. The normalized spacial score (nSPS) is 15.4. The van der Waals surface area contributed by atoms with Gasteiger partial charge in [-0.1, -0.05) is 5.21 Å². The SMILES string of the molecule is C[C@@H](OC(=O)Nc1c(-c2ccc(NC(=O)C3(C#N)CN(CC(F)(F)F)C3)cn2)nnn1C)c1cc(F)cnc1F. The summed E-state index contributed by atoms with van der Waals surface area (Å²) in [6.45, 7) is -0.637. The van der Waals surface area contributed by atoms with Gasteiger partial charge in [-0.3, -0.25) is 20.0 Å². The smallest absolute Gasteiger partial charge is 0.413 e. The fourth-order valence-electron chi connectivity index (χ4n) is 3.95. The lowest BCUT2D eigenvalue weighted by atomic mass is 9.80. The van der Waals surface area contributed by atoms with Crippen molar-refractivity contribution in [2.45, 2.75) is 19.2 Å². The van der Waals surface area contributed by atoms with Gasteiger partial charge in [0, 0.05) is 20.1 Å². The van der Waals surface area contributed by atoms with E-state index in [1.54, 1.807) is 6.07 Å². The molecule has 3 aromatic rings. The van der Waals surface area contributed by atoms with Crippen LogP contribution in [0.4, 0.5) is 38.3 Å². The predicted molar refractivity (Wildman–Crippen MR) is 126 cm³/mol. The van der Waals surface area contributed by atoms with E-state index >= 15 is 0 Å². The number of carbonyl (C=O) groups excluding carboxylic acids is 2. The minimum Gasteiger partial charge on any atom is -0.441 e. The molecule has 1 aliphatic rings. The molecule has 0 bridgehead atoms. The maximum absolute atomic E-state index is 13.9. The van der Waals surface area contributed by atoms with Crippen LogP contribution in [0, 0.1) is 28.5 Å².